The summed E-state index contributed by atoms with van der Waals surface area (Å²) in [5.41, 5.74) is 2.15. The predicted octanol–water partition coefficient (Wildman–Crippen LogP) is 1.29. The summed E-state index contributed by atoms with van der Waals surface area (Å²) in [7, 11) is 0. The van der Waals surface area contributed by atoms with Crippen LogP contribution < -0.4 is 0 Å². The molecule has 1 heterocycles. The number of oxime groups is 1. The van der Waals surface area contributed by atoms with Gasteiger partial charge in [-0.2, -0.15) is 0 Å². The number of rotatable bonds is 1. The summed E-state index contributed by atoms with van der Waals surface area (Å²) in [6.07, 6.45) is 1.66. The van der Waals surface area contributed by atoms with Crippen LogP contribution in [0.5, 0.6) is 0 Å². The normalized spacial score (nSPS) is 11.8. The Hall–Kier alpha value is -1.45. The third-order valence-corrected chi connectivity index (χ3v) is 1.64. The van der Waals surface area contributed by atoms with Gasteiger partial charge in [0.2, 0.25) is 0 Å². The van der Waals surface area contributed by atoms with Crippen LogP contribution in [0, 0.1) is 13.8 Å². The molecule has 4 heteroatoms. The van der Waals surface area contributed by atoms with Crippen LogP contribution in [0.15, 0.2) is 11.4 Å². The van der Waals surface area contributed by atoms with Crippen molar-refractivity contribution in [2.24, 2.45) is 5.16 Å². The topological polar surface area (TPSA) is 58.4 Å². The number of nitrogens with zero attached hydrogens (tertiary/aromatic N) is 3. The van der Waals surface area contributed by atoms with Crippen LogP contribution in [-0.2, 0) is 0 Å². The highest BCUT2D eigenvalue weighted by atomic mass is 16.4. The van der Waals surface area contributed by atoms with E-state index in [1.54, 1.807) is 13.1 Å². The van der Waals surface area contributed by atoms with E-state index in [4.69, 9.17) is 5.21 Å². The highest BCUT2D eigenvalue weighted by Crippen LogP contribution is 2.04. The summed E-state index contributed by atoms with van der Waals surface area (Å²) in [6, 6.07) is 0. The van der Waals surface area contributed by atoms with E-state index in [9.17, 15) is 0 Å². The van der Waals surface area contributed by atoms with E-state index in [0.29, 0.717) is 5.71 Å². The average Bonchev–Trinajstić information content (AvgIpc) is 2.03. The summed E-state index contributed by atoms with van der Waals surface area (Å²) in [4.78, 5) is 8.15. The minimum Gasteiger partial charge on any atom is -0.411 e. The Morgan fingerprint density at radius 3 is 2.67 bits per heavy atom. The van der Waals surface area contributed by atoms with Crippen LogP contribution >= 0.6 is 0 Å². The van der Waals surface area contributed by atoms with Gasteiger partial charge in [0.25, 0.3) is 0 Å². The lowest BCUT2D eigenvalue weighted by Gasteiger charge is -2.02. The van der Waals surface area contributed by atoms with Crippen molar-refractivity contribution < 1.29 is 5.21 Å². The maximum atomic E-state index is 8.51. The molecule has 64 valence electrons. The van der Waals surface area contributed by atoms with Crippen molar-refractivity contribution in [2.45, 2.75) is 20.8 Å². The first-order valence-corrected chi connectivity index (χ1v) is 3.64. The molecule has 12 heavy (non-hydrogen) atoms. The smallest absolute Gasteiger partial charge is 0.125 e. The zero-order valence-electron chi connectivity index (χ0n) is 7.37. The summed E-state index contributed by atoms with van der Waals surface area (Å²) in [6.45, 7) is 5.39. The molecule has 0 aliphatic carbocycles. The second-order valence-electron chi connectivity index (χ2n) is 2.60. The highest BCUT2D eigenvalue weighted by molar-refractivity contribution is 5.98. The van der Waals surface area contributed by atoms with Gasteiger partial charge in [0.1, 0.15) is 5.82 Å². The summed E-state index contributed by atoms with van der Waals surface area (Å²) in [5, 5.41) is 11.6. The maximum Gasteiger partial charge on any atom is 0.125 e. The molecular formula is C8H11N3O. The van der Waals surface area contributed by atoms with Gasteiger partial charge in [-0.3, -0.25) is 0 Å². The van der Waals surface area contributed by atoms with Crippen LogP contribution in [0.4, 0.5) is 0 Å². The van der Waals surface area contributed by atoms with E-state index >= 15 is 0 Å². The van der Waals surface area contributed by atoms with Crippen molar-refractivity contribution in [2.75, 3.05) is 0 Å². The molecule has 0 fully saturated rings. The first-order chi connectivity index (χ1) is 5.65. The van der Waals surface area contributed by atoms with Crippen molar-refractivity contribution in [3.8, 4) is 0 Å². The van der Waals surface area contributed by atoms with Crippen LogP contribution in [0.25, 0.3) is 0 Å². The lowest BCUT2D eigenvalue weighted by Crippen LogP contribution is -2.02. The molecule has 0 radical (unpaired) electrons. The van der Waals surface area contributed by atoms with E-state index < -0.39 is 0 Å². The zero-order chi connectivity index (χ0) is 9.14. The second-order valence-corrected chi connectivity index (χ2v) is 2.60. The van der Waals surface area contributed by atoms with Crippen LogP contribution in [0.3, 0.4) is 0 Å². The summed E-state index contributed by atoms with van der Waals surface area (Å²) in [5.74, 6) is 0.724. The summed E-state index contributed by atoms with van der Waals surface area (Å²) < 4.78 is 0. The average molecular weight is 165 g/mol. The standard InChI is InChI=1S/C8H11N3O/c1-5-8(6(2)11-12)4-9-7(3)10-5/h4,12H,1-3H3/b11-6-. The van der Waals surface area contributed by atoms with E-state index in [1.165, 1.54) is 0 Å². The fourth-order valence-electron chi connectivity index (χ4n) is 0.992. The molecule has 0 aromatic carbocycles. The first-order valence-electron chi connectivity index (χ1n) is 3.64. The van der Waals surface area contributed by atoms with Crippen molar-refractivity contribution in [1.29, 1.82) is 0 Å². The van der Waals surface area contributed by atoms with Gasteiger partial charge in [0.05, 0.1) is 11.4 Å². The monoisotopic (exact) mass is 165 g/mol. The molecule has 0 saturated carbocycles. The molecule has 0 spiro atoms. The van der Waals surface area contributed by atoms with Gasteiger partial charge in [0.15, 0.2) is 0 Å². The van der Waals surface area contributed by atoms with Crippen molar-refractivity contribution in [3.63, 3.8) is 0 Å². The van der Waals surface area contributed by atoms with Gasteiger partial charge in [-0.15, -0.1) is 0 Å². The molecule has 0 aliphatic heterocycles. The van der Waals surface area contributed by atoms with Gasteiger partial charge in [-0.05, 0) is 20.8 Å². The third-order valence-electron chi connectivity index (χ3n) is 1.64. The van der Waals surface area contributed by atoms with Crippen LogP contribution in [0.2, 0.25) is 0 Å². The Labute approximate surface area is 71.0 Å². The Balaban J connectivity index is 3.18. The van der Waals surface area contributed by atoms with Gasteiger partial charge in [-0.1, -0.05) is 5.16 Å². The van der Waals surface area contributed by atoms with Crippen LogP contribution in [-0.4, -0.2) is 20.9 Å². The molecule has 1 aromatic rings. The fourth-order valence-corrected chi connectivity index (χ4v) is 0.992. The van der Waals surface area contributed by atoms with Crippen molar-refractivity contribution >= 4 is 5.71 Å². The number of hydrogen-bond acceptors (Lipinski definition) is 4. The minimum absolute atomic E-state index is 0.535. The molecule has 1 rings (SSSR count). The predicted molar refractivity (Wildman–Crippen MR) is 45.5 cm³/mol. The van der Waals surface area contributed by atoms with Crippen LogP contribution in [0.1, 0.15) is 24.0 Å². The molecule has 0 atom stereocenters. The van der Waals surface area contributed by atoms with Crippen molar-refractivity contribution in [1.82, 2.24) is 9.97 Å². The highest BCUT2D eigenvalue weighted by Gasteiger charge is 2.03. The molecule has 0 bridgehead atoms. The van der Waals surface area contributed by atoms with Gasteiger partial charge in [0, 0.05) is 11.8 Å². The van der Waals surface area contributed by atoms with Gasteiger partial charge < -0.3 is 5.21 Å². The Kier molecular flexibility index (Phi) is 2.38. The molecule has 0 saturated heterocycles. The Morgan fingerprint density at radius 1 is 1.50 bits per heavy atom. The molecule has 1 N–H and O–H groups in total. The molecule has 0 amide bonds. The van der Waals surface area contributed by atoms with E-state index in [-0.39, 0.29) is 0 Å². The Morgan fingerprint density at radius 2 is 2.17 bits per heavy atom. The fraction of sp³-hybridized carbons (Fsp3) is 0.375. The molecular weight excluding hydrogens is 154 g/mol. The first kappa shape index (κ1) is 8.64. The quantitative estimate of drug-likeness (QED) is 0.387. The number of aryl methyl sites for hydroxylation is 2. The molecule has 1 aromatic heterocycles. The largest absolute Gasteiger partial charge is 0.411 e. The van der Waals surface area contributed by atoms with E-state index in [1.807, 2.05) is 13.8 Å². The van der Waals surface area contributed by atoms with E-state index in [2.05, 4.69) is 15.1 Å². The molecule has 4 nitrogen and oxygen atoms in total. The van der Waals surface area contributed by atoms with Crippen molar-refractivity contribution in [3.05, 3.63) is 23.3 Å². The molecule has 0 unspecified atom stereocenters. The number of hydrogen-bond donors (Lipinski definition) is 1. The lowest BCUT2D eigenvalue weighted by molar-refractivity contribution is 0.319. The molecule has 0 aliphatic rings. The van der Waals surface area contributed by atoms with E-state index in [0.717, 1.165) is 17.1 Å². The van der Waals surface area contributed by atoms with Gasteiger partial charge in [-0.25, -0.2) is 9.97 Å². The summed E-state index contributed by atoms with van der Waals surface area (Å²) >= 11 is 0. The second kappa shape index (κ2) is 3.30. The lowest BCUT2D eigenvalue weighted by atomic mass is 10.2. The maximum absolute atomic E-state index is 8.51. The zero-order valence-corrected chi connectivity index (χ0v) is 7.37. The SMILES string of the molecule is C/C(=N/O)c1cnc(C)nc1C. The number of aromatic nitrogens is 2. The third kappa shape index (κ3) is 1.58. The Bertz CT molecular complexity index is 320. The van der Waals surface area contributed by atoms with Gasteiger partial charge >= 0.3 is 0 Å². The minimum atomic E-state index is 0.535.